The van der Waals surface area contributed by atoms with Crippen molar-refractivity contribution in [2.24, 2.45) is 5.92 Å². The average Bonchev–Trinajstić information content (AvgIpc) is 3.61. The molecule has 3 aliphatic rings. The standard InChI is InChI=1S/C37H40N2O6/c40-36(38-27-16-7-2-8-17-27)39-37(45-29-20-11-4-12-21-29)34(26-14-5-1-6-15-26)44-33-32(25-41-35(33)37)43-31-23-13-22-30(24-31)42-28-18-9-3-10-19-28/h3-4,9-13,18-27,34H,1-2,5-8,14-17H2,(H2,38,39,40)/t34?,37-/m0/s1. The number of para-hydroxylation sites is 2. The number of furan rings is 1. The summed E-state index contributed by atoms with van der Waals surface area (Å²) in [5.74, 6) is 3.94. The van der Waals surface area contributed by atoms with Crippen molar-refractivity contribution in [3.8, 4) is 34.5 Å². The van der Waals surface area contributed by atoms with Crippen LogP contribution in [0.25, 0.3) is 0 Å². The number of benzene rings is 3. The van der Waals surface area contributed by atoms with Crippen molar-refractivity contribution in [3.63, 3.8) is 0 Å². The molecule has 4 aromatic rings. The van der Waals surface area contributed by atoms with Gasteiger partial charge in [-0.15, -0.1) is 0 Å². The molecule has 2 heterocycles. The van der Waals surface area contributed by atoms with Crippen LogP contribution < -0.4 is 29.6 Å². The highest BCUT2D eigenvalue weighted by molar-refractivity contribution is 5.76. The minimum Gasteiger partial charge on any atom is -0.476 e. The quantitative estimate of drug-likeness (QED) is 0.184. The first-order valence-corrected chi connectivity index (χ1v) is 16.3. The van der Waals surface area contributed by atoms with E-state index < -0.39 is 11.8 Å². The fourth-order valence-electron chi connectivity index (χ4n) is 6.90. The van der Waals surface area contributed by atoms with E-state index in [0.29, 0.717) is 34.5 Å². The number of carbonyl (C=O) groups is 1. The molecule has 2 N–H and O–H groups in total. The van der Waals surface area contributed by atoms with E-state index in [1.807, 2.05) is 84.9 Å². The summed E-state index contributed by atoms with van der Waals surface area (Å²) in [5.41, 5.74) is -1.39. The van der Waals surface area contributed by atoms with E-state index in [9.17, 15) is 4.79 Å². The van der Waals surface area contributed by atoms with Crippen molar-refractivity contribution in [1.29, 1.82) is 0 Å². The van der Waals surface area contributed by atoms with Gasteiger partial charge in [0.2, 0.25) is 17.3 Å². The first-order chi connectivity index (χ1) is 22.2. The highest BCUT2D eigenvalue weighted by Gasteiger charge is 2.60. The van der Waals surface area contributed by atoms with Gasteiger partial charge >= 0.3 is 6.03 Å². The minimum atomic E-state index is -1.39. The maximum absolute atomic E-state index is 13.7. The van der Waals surface area contributed by atoms with Crippen LogP contribution in [0.15, 0.2) is 95.6 Å². The Labute approximate surface area is 264 Å². The average molecular weight is 609 g/mol. The molecular weight excluding hydrogens is 568 g/mol. The number of hydrogen-bond acceptors (Lipinski definition) is 6. The molecule has 2 atom stereocenters. The summed E-state index contributed by atoms with van der Waals surface area (Å²) in [6.45, 7) is 0. The van der Waals surface area contributed by atoms with E-state index >= 15 is 0 Å². The number of urea groups is 1. The van der Waals surface area contributed by atoms with Gasteiger partial charge in [-0.05, 0) is 62.1 Å². The van der Waals surface area contributed by atoms with Crippen LogP contribution in [0.2, 0.25) is 0 Å². The number of amides is 2. The van der Waals surface area contributed by atoms with E-state index in [4.69, 9.17) is 23.4 Å². The monoisotopic (exact) mass is 608 g/mol. The Balaban J connectivity index is 1.22. The van der Waals surface area contributed by atoms with Gasteiger partial charge in [-0.1, -0.05) is 81.0 Å². The second kappa shape index (κ2) is 13.2. The fourth-order valence-corrected chi connectivity index (χ4v) is 6.90. The molecule has 1 aromatic heterocycles. The zero-order chi connectivity index (χ0) is 30.5. The number of ether oxygens (including phenoxy) is 4. The van der Waals surface area contributed by atoms with E-state index in [0.717, 1.165) is 57.1 Å². The molecule has 234 valence electrons. The van der Waals surface area contributed by atoms with Crippen LogP contribution in [0.1, 0.15) is 70.0 Å². The second-order valence-electron chi connectivity index (χ2n) is 12.3. The molecule has 0 spiro atoms. The summed E-state index contributed by atoms with van der Waals surface area (Å²) in [6.07, 6.45) is 11.7. The smallest absolute Gasteiger partial charge is 0.318 e. The molecule has 3 aromatic carbocycles. The topological polar surface area (TPSA) is 91.2 Å². The van der Waals surface area contributed by atoms with Gasteiger partial charge in [0, 0.05) is 18.0 Å². The lowest BCUT2D eigenvalue weighted by atomic mass is 9.81. The van der Waals surface area contributed by atoms with Crippen molar-refractivity contribution >= 4 is 6.03 Å². The Morgan fingerprint density at radius 1 is 0.711 bits per heavy atom. The third-order valence-corrected chi connectivity index (χ3v) is 9.05. The lowest BCUT2D eigenvalue weighted by Crippen LogP contribution is -2.62. The van der Waals surface area contributed by atoms with Gasteiger partial charge in [0.05, 0.1) is 0 Å². The molecule has 8 nitrogen and oxygen atoms in total. The van der Waals surface area contributed by atoms with Gasteiger partial charge in [-0.25, -0.2) is 4.79 Å². The van der Waals surface area contributed by atoms with Crippen LogP contribution in [-0.2, 0) is 5.72 Å². The predicted octanol–water partition coefficient (Wildman–Crippen LogP) is 9.07. The normalized spacial score (nSPS) is 21.7. The summed E-state index contributed by atoms with van der Waals surface area (Å²) in [6, 6.07) is 26.4. The van der Waals surface area contributed by atoms with Crippen LogP contribution in [-0.4, -0.2) is 18.2 Å². The molecule has 1 unspecified atom stereocenters. The zero-order valence-electron chi connectivity index (χ0n) is 25.4. The molecule has 2 fully saturated rings. The third-order valence-electron chi connectivity index (χ3n) is 9.05. The Hall–Kier alpha value is -4.59. The van der Waals surface area contributed by atoms with Gasteiger partial charge in [-0.2, -0.15) is 0 Å². The highest BCUT2D eigenvalue weighted by atomic mass is 16.6. The number of nitrogens with one attached hydrogen (secondary N) is 2. The minimum absolute atomic E-state index is 0.128. The lowest BCUT2D eigenvalue weighted by molar-refractivity contribution is -0.0789. The van der Waals surface area contributed by atoms with E-state index in [2.05, 4.69) is 10.6 Å². The van der Waals surface area contributed by atoms with Gasteiger partial charge in [0.15, 0.2) is 6.10 Å². The SMILES string of the molecule is O=C(NC1CCCCC1)N[C@@]1(Oc2ccccc2)c2occ(Oc3cccc(Oc4ccccc4)c3)c2OC1C1CCCCC1. The Bertz CT molecular complexity index is 1560. The van der Waals surface area contributed by atoms with Crippen molar-refractivity contribution < 1.29 is 28.2 Å². The summed E-state index contributed by atoms with van der Waals surface area (Å²) >= 11 is 0. The van der Waals surface area contributed by atoms with Crippen LogP contribution >= 0.6 is 0 Å². The highest BCUT2D eigenvalue weighted by Crippen LogP contribution is 2.53. The molecular formula is C37H40N2O6. The molecule has 8 heteroatoms. The lowest BCUT2D eigenvalue weighted by Gasteiger charge is -2.39. The summed E-state index contributed by atoms with van der Waals surface area (Å²) < 4.78 is 32.2. The number of rotatable bonds is 9. The molecule has 2 saturated carbocycles. The largest absolute Gasteiger partial charge is 0.476 e. The van der Waals surface area contributed by atoms with E-state index in [1.54, 1.807) is 0 Å². The van der Waals surface area contributed by atoms with E-state index in [-0.39, 0.29) is 18.0 Å². The van der Waals surface area contributed by atoms with Crippen LogP contribution in [0.3, 0.4) is 0 Å². The summed E-state index contributed by atoms with van der Waals surface area (Å²) in [7, 11) is 0. The molecule has 0 bridgehead atoms. The van der Waals surface area contributed by atoms with Gasteiger partial charge < -0.3 is 28.7 Å². The number of carbonyl (C=O) groups excluding carboxylic acids is 1. The number of hydrogen-bond donors (Lipinski definition) is 2. The molecule has 1 aliphatic heterocycles. The van der Waals surface area contributed by atoms with Crippen molar-refractivity contribution in [2.45, 2.75) is 82.1 Å². The van der Waals surface area contributed by atoms with Crippen LogP contribution in [0.5, 0.6) is 34.5 Å². The van der Waals surface area contributed by atoms with Gasteiger partial charge in [0.25, 0.3) is 5.72 Å². The maximum atomic E-state index is 13.7. The van der Waals surface area contributed by atoms with Gasteiger partial charge in [0.1, 0.15) is 29.3 Å². The molecule has 2 aliphatic carbocycles. The van der Waals surface area contributed by atoms with Crippen molar-refractivity contribution in [3.05, 3.63) is 97.0 Å². The van der Waals surface area contributed by atoms with Crippen molar-refractivity contribution in [1.82, 2.24) is 10.6 Å². The summed E-state index contributed by atoms with van der Waals surface area (Å²) in [4.78, 5) is 13.7. The maximum Gasteiger partial charge on any atom is 0.318 e. The Morgan fingerprint density at radius 2 is 1.33 bits per heavy atom. The molecule has 0 saturated heterocycles. The Morgan fingerprint density at radius 3 is 2.04 bits per heavy atom. The van der Waals surface area contributed by atoms with E-state index in [1.165, 1.54) is 19.1 Å². The molecule has 0 radical (unpaired) electrons. The second-order valence-corrected chi connectivity index (χ2v) is 12.3. The van der Waals surface area contributed by atoms with Crippen LogP contribution in [0, 0.1) is 5.92 Å². The zero-order valence-corrected chi connectivity index (χ0v) is 25.4. The van der Waals surface area contributed by atoms with Gasteiger partial charge in [-0.3, -0.25) is 5.32 Å². The Kier molecular flexibility index (Phi) is 8.54. The first-order valence-electron chi connectivity index (χ1n) is 16.3. The predicted molar refractivity (Wildman–Crippen MR) is 170 cm³/mol. The molecule has 2 amide bonds. The number of fused-ring (bicyclic) bond motifs is 1. The van der Waals surface area contributed by atoms with Crippen molar-refractivity contribution in [2.75, 3.05) is 0 Å². The molecule has 45 heavy (non-hydrogen) atoms. The van der Waals surface area contributed by atoms with Crippen LogP contribution in [0.4, 0.5) is 4.79 Å². The third kappa shape index (κ3) is 6.46. The fraction of sp³-hybridized carbons (Fsp3) is 0.378. The summed E-state index contributed by atoms with van der Waals surface area (Å²) in [5, 5.41) is 6.45. The molecule has 7 rings (SSSR count). The first kappa shape index (κ1) is 29.1.